The van der Waals surface area contributed by atoms with Crippen LogP contribution < -0.4 is 16.0 Å². The third-order valence-corrected chi connectivity index (χ3v) is 8.64. The molecule has 0 aliphatic heterocycles. The molecule has 0 saturated carbocycles. The van der Waals surface area contributed by atoms with Crippen molar-refractivity contribution in [2.45, 2.75) is 97.9 Å². The number of likely N-dealkylation sites (N-methyl/N-ethyl adjacent to an activating group) is 1. The molecule has 0 heterocycles. The highest BCUT2D eigenvalue weighted by molar-refractivity contribution is 7.92. The molecule has 0 saturated heterocycles. The summed E-state index contributed by atoms with van der Waals surface area (Å²) < 4.78 is 49.9. The normalized spacial score (nSPS) is 10.4. The van der Waals surface area contributed by atoms with Gasteiger partial charge in [0.1, 0.15) is 17.7 Å². The van der Waals surface area contributed by atoms with Crippen LogP contribution in [-0.2, 0) is 27.6 Å². The van der Waals surface area contributed by atoms with Gasteiger partial charge in [-0.3, -0.25) is 4.79 Å². The number of carbonyl (C=O) groups is 1. The molecule has 1 atom stereocenters. The maximum atomic E-state index is 12.7. The zero-order chi connectivity index (χ0) is 37.3. The molecule has 0 aliphatic rings. The lowest BCUT2D eigenvalue weighted by Crippen LogP contribution is -2.48. The lowest BCUT2D eigenvalue weighted by molar-refractivity contribution is -0.122. The van der Waals surface area contributed by atoms with Crippen molar-refractivity contribution in [3.8, 4) is 25.7 Å². The van der Waals surface area contributed by atoms with E-state index in [0.29, 0.717) is 24.9 Å². The summed E-state index contributed by atoms with van der Waals surface area (Å²) in [4.78, 5) is 12.5. The largest absolute Gasteiger partial charge is 0.400 e. The van der Waals surface area contributed by atoms with Crippen molar-refractivity contribution in [1.29, 1.82) is 0 Å². The summed E-state index contributed by atoms with van der Waals surface area (Å²) in [5, 5.41) is 15.8. The van der Waals surface area contributed by atoms with Gasteiger partial charge in [-0.05, 0) is 75.0 Å². The van der Waals surface area contributed by atoms with E-state index in [9.17, 15) is 22.0 Å². The van der Waals surface area contributed by atoms with E-state index in [1.807, 2.05) is 27.7 Å². The summed E-state index contributed by atoms with van der Waals surface area (Å²) >= 11 is 0. The number of sulfone groups is 1. The molecule has 2 rings (SSSR count). The van der Waals surface area contributed by atoms with Gasteiger partial charge in [0.2, 0.25) is 5.91 Å². The molecule has 0 unspecified atom stereocenters. The number of carbonyl (C=O) groups excluding carboxylic acids is 1. The number of aliphatic hydroxyl groups excluding tert-OH is 1. The van der Waals surface area contributed by atoms with Crippen LogP contribution in [0.15, 0.2) is 42.5 Å². The molecule has 0 fully saturated rings. The van der Waals surface area contributed by atoms with Gasteiger partial charge in [-0.15, -0.1) is 25.7 Å². The molecule has 10 heteroatoms. The Bertz CT molecular complexity index is 1130. The Morgan fingerprint density at radius 3 is 1.83 bits per heavy atom. The summed E-state index contributed by atoms with van der Waals surface area (Å²) in [5.74, 6) is -1.44. The lowest BCUT2D eigenvalue weighted by atomic mass is 10.1. The lowest BCUT2D eigenvalue weighted by Gasteiger charge is -2.21. The minimum Gasteiger partial charge on any atom is -0.400 e. The first kappa shape index (κ1) is 50.6. The van der Waals surface area contributed by atoms with Gasteiger partial charge in [0.15, 0.2) is 9.84 Å². The van der Waals surface area contributed by atoms with E-state index in [0.717, 1.165) is 51.9 Å². The second-order valence-electron chi connectivity index (χ2n) is 9.81. The van der Waals surface area contributed by atoms with Gasteiger partial charge < -0.3 is 21.1 Å². The van der Waals surface area contributed by atoms with Gasteiger partial charge >= 0.3 is 0 Å². The number of amides is 1. The highest BCUT2D eigenvalue weighted by Gasteiger charge is 2.30. The molecule has 268 valence electrons. The van der Waals surface area contributed by atoms with E-state index in [2.05, 4.69) is 72.8 Å². The summed E-state index contributed by atoms with van der Waals surface area (Å²) in [7, 11) is -0.675. The molecule has 4 N–H and O–H groups in total. The first-order chi connectivity index (χ1) is 22.6. The fourth-order valence-corrected chi connectivity index (χ4v) is 6.48. The number of aryl methyl sites for hydroxylation is 2. The fourth-order valence-electron chi connectivity index (χ4n) is 4.24. The smallest absolute Gasteiger partial charge is 0.238 e. The highest BCUT2D eigenvalue weighted by atomic mass is 32.2. The minimum atomic E-state index is -3.31. The predicted molar refractivity (Wildman–Crippen MR) is 196 cm³/mol. The molecule has 0 aromatic heterocycles. The summed E-state index contributed by atoms with van der Waals surface area (Å²) in [5.41, 5.74) is 3.19. The van der Waals surface area contributed by atoms with Crippen LogP contribution in [0.1, 0.15) is 83.4 Å². The molecule has 0 spiro atoms. The monoisotopic (exact) mass is 681 g/mol. The van der Waals surface area contributed by atoms with Crippen LogP contribution >= 0.6 is 0 Å². The van der Waals surface area contributed by atoms with Crippen LogP contribution in [0.3, 0.4) is 0 Å². The van der Waals surface area contributed by atoms with Gasteiger partial charge in [-0.25, -0.2) is 17.2 Å². The molecule has 2 aromatic rings. The van der Waals surface area contributed by atoms with Crippen LogP contribution in [0.25, 0.3) is 0 Å². The second-order valence-corrected chi connectivity index (χ2v) is 12.1. The van der Waals surface area contributed by atoms with Crippen molar-refractivity contribution in [2.24, 2.45) is 0 Å². The molecular formula is C37H61F2N3O4S. The molecule has 7 nitrogen and oxygen atoms in total. The van der Waals surface area contributed by atoms with E-state index in [4.69, 9.17) is 5.11 Å². The molecular weight excluding hydrogens is 620 g/mol. The first-order valence-corrected chi connectivity index (χ1v) is 17.8. The summed E-state index contributed by atoms with van der Waals surface area (Å²) in [6, 6.07) is 11.2. The number of benzene rings is 2. The van der Waals surface area contributed by atoms with Crippen molar-refractivity contribution in [3.63, 3.8) is 0 Å². The zero-order valence-electron chi connectivity index (χ0n) is 29.9. The number of aliphatic hydroxyl groups is 1. The molecule has 47 heavy (non-hydrogen) atoms. The van der Waals surface area contributed by atoms with Crippen molar-refractivity contribution in [1.82, 2.24) is 16.0 Å². The Labute approximate surface area is 285 Å². The second kappa shape index (κ2) is 34.1. The predicted octanol–water partition coefficient (Wildman–Crippen LogP) is 6.22. The molecule has 1 amide bonds. The first-order valence-electron chi connectivity index (χ1n) is 16.0. The Hall–Kier alpha value is -3.28. The quantitative estimate of drug-likeness (QED) is 0.124. The van der Waals surface area contributed by atoms with E-state index in [-0.39, 0.29) is 16.9 Å². The number of hydrogen-bond acceptors (Lipinski definition) is 6. The Balaban J connectivity index is -0.000000449. The van der Waals surface area contributed by atoms with E-state index >= 15 is 0 Å². The number of rotatable bonds is 16. The third-order valence-electron chi connectivity index (χ3n) is 6.36. The van der Waals surface area contributed by atoms with Crippen LogP contribution in [-0.4, -0.2) is 63.7 Å². The summed E-state index contributed by atoms with van der Waals surface area (Å²) in [6.07, 6.45) is 20.8. The highest BCUT2D eigenvalue weighted by Crippen LogP contribution is 2.16. The van der Waals surface area contributed by atoms with Crippen molar-refractivity contribution < 1.29 is 27.1 Å². The van der Waals surface area contributed by atoms with Crippen LogP contribution in [0.2, 0.25) is 0 Å². The van der Waals surface area contributed by atoms with Gasteiger partial charge in [0, 0.05) is 26.3 Å². The third kappa shape index (κ3) is 25.5. The van der Waals surface area contributed by atoms with Crippen LogP contribution in [0.4, 0.5) is 8.78 Å². The van der Waals surface area contributed by atoms with Crippen LogP contribution in [0, 0.1) is 44.3 Å². The van der Waals surface area contributed by atoms with Crippen LogP contribution in [0.5, 0.6) is 0 Å². The van der Waals surface area contributed by atoms with E-state index in [1.54, 1.807) is 14.0 Å². The fraction of sp³-hybridized carbons (Fsp3) is 0.541. The minimum absolute atomic E-state index is 0.147. The van der Waals surface area contributed by atoms with Gasteiger partial charge in [0.25, 0.3) is 0 Å². The average Bonchev–Trinajstić information content (AvgIpc) is 3.08. The number of halogens is 2. The number of hydrogen-bond donors (Lipinski definition) is 4. The Kier molecular flexibility index (Phi) is 36.7. The summed E-state index contributed by atoms with van der Waals surface area (Å²) in [6.45, 7) is 13.9. The van der Waals surface area contributed by atoms with Gasteiger partial charge in [0.05, 0.1) is 11.0 Å². The molecule has 0 aliphatic carbocycles. The molecule has 2 aromatic carbocycles. The Morgan fingerprint density at radius 1 is 0.872 bits per heavy atom. The maximum absolute atomic E-state index is 12.7. The average molecular weight is 682 g/mol. The molecule has 0 radical (unpaired) electrons. The zero-order valence-corrected chi connectivity index (χ0v) is 30.7. The van der Waals surface area contributed by atoms with E-state index in [1.165, 1.54) is 23.3 Å². The van der Waals surface area contributed by atoms with Gasteiger partial charge in [-0.2, -0.15) is 0 Å². The van der Waals surface area contributed by atoms with Crippen molar-refractivity contribution in [3.05, 3.63) is 70.8 Å². The SMILES string of the molecule is C#C.C#C.CC.CCCC(CCC)S(=O)(=O)C[C@@H](NC)C(=O)NCCCNCc1cccc(CC)c1.CO.Cc1cc(F)cc(F)c1. The van der Waals surface area contributed by atoms with E-state index < -0.39 is 27.5 Å². The van der Waals surface area contributed by atoms with Crippen molar-refractivity contribution >= 4 is 15.7 Å². The molecule has 0 bridgehead atoms. The van der Waals surface area contributed by atoms with Crippen molar-refractivity contribution in [2.75, 3.05) is 33.0 Å². The number of terminal acetylenes is 2. The number of nitrogens with one attached hydrogen (secondary N) is 3. The maximum Gasteiger partial charge on any atom is 0.238 e. The standard InChI is InChI=1S/C23H41N3O3S.C7H6F2.C2H6.2C2H2.CH4O/c1-5-10-21(11-6-2)30(28,29)18-22(24-4)23(27)26-15-9-14-25-17-20-13-8-12-19(7-3)16-20;1-5-2-6(8)4-7(9)3-5;4*1-2/h8,12-13,16,21-22,24-25H,5-7,9-11,14-15,17-18H2,1-4H3,(H,26,27);2-4H,1H3;1-2H3;2*1-2H;2H,1H3/t22-;;;;;/m1...../s1. The van der Waals surface area contributed by atoms with Gasteiger partial charge in [-0.1, -0.05) is 71.7 Å². The Morgan fingerprint density at radius 2 is 1.38 bits per heavy atom. The topological polar surface area (TPSA) is 108 Å².